The Balaban J connectivity index is 2.69. The second kappa shape index (κ2) is 6.39. The Morgan fingerprint density at radius 2 is 2.18 bits per heavy atom. The number of ether oxygens (including phenoxy) is 1. The summed E-state index contributed by atoms with van der Waals surface area (Å²) >= 11 is 1.56. The Labute approximate surface area is 105 Å². The first-order chi connectivity index (χ1) is 8.06. The normalized spacial score (nSPS) is 12.2. The third-order valence-corrected chi connectivity index (χ3v) is 3.22. The van der Waals surface area contributed by atoms with Gasteiger partial charge in [-0.05, 0) is 24.3 Å². The zero-order valence-electron chi connectivity index (χ0n) is 10.2. The summed E-state index contributed by atoms with van der Waals surface area (Å²) in [6.45, 7) is 5.87. The third kappa shape index (κ3) is 3.85. The molecule has 1 rings (SSSR count). The number of rotatable bonds is 4. The van der Waals surface area contributed by atoms with Gasteiger partial charge in [-0.2, -0.15) is 0 Å². The van der Waals surface area contributed by atoms with Crippen LogP contribution in [0.2, 0.25) is 0 Å². The lowest BCUT2D eigenvalue weighted by Crippen LogP contribution is -2.37. The topological polar surface area (TPSA) is 55.4 Å². The number of hydrogen-bond acceptors (Lipinski definition) is 4. The van der Waals surface area contributed by atoms with Crippen LogP contribution in [0.1, 0.15) is 31.7 Å². The van der Waals surface area contributed by atoms with E-state index in [4.69, 9.17) is 0 Å². The molecule has 0 saturated carbocycles. The Morgan fingerprint density at radius 3 is 2.65 bits per heavy atom. The maximum absolute atomic E-state index is 11.6. The van der Waals surface area contributed by atoms with Crippen molar-refractivity contribution in [1.29, 1.82) is 0 Å². The van der Waals surface area contributed by atoms with Crippen molar-refractivity contribution in [2.45, 2.75) is 26.8 Å². The van der Waals surface area contributed by atoms with E-state index in [0.717, 1.165) is 4.88 Å². The molecule has 0 bridgehead atoms. The molecule has 0 spiro atoms. The first-order valence-corrected chi connectivity index (χ1v) is 6.45. The summed E-state index contributed by atoms with van der Waals surface area (Å²) in [7, 11) is 0. The van der Waals surface area contributed by atoms with E-state index >= 15 is 0 Å². The van der Waals surface area contributed by atoms with Crippen LogP contribution in [-0.2, 0) is 14.3 Å². The monoisotopic (exact) mass is 255 g/mol. The van der Waals surface area contributed by atoms with Gasteiger partial charge < -0.3 is 10.1 Å². The van der Waals surface area contributed by atoms with Gasteiger partial charge in [0.1, 0.15) is 0 Å². The van der Waals surface area contributed by atoms with Crippen molar-refractivity contribution in [3.05, 3.63) is 22.4 Å². The average Bonchev–Trinajstić information content (AvgIpc) is 2.78. The Hall–Kier alpha value is -1.36. The summed E-state index contributed by atoms with van der Waals surface area (Å²) in [5.41, 5.74) is 0. The van der Waals surface area contributed by atoms with Crippen molar-refractivity contribution in [2.24, 2.45) is 5.92 Å². The summed E-state index contributed by atoms with van der Waals surface area (Å²) in [6, 6.07) is 3.72. The van der Waals surface area contributed by atoms with Gasteiger partial charge >= 0.3 is 11.9 Å². The van der Waals surface area contributed by atoms with Crippen LogP contribution in [0.5, 0.6) is 0 Å². The predicted molar refractivity (Wildman–Crippen MR) is 66.7 cm³/mol. The van der Waals surface area contributed by atoms with Gasteiger partial charge in [0.15, 0.2) is 0 Å². The standard InChI is InChI=1S/C12H17NO3S/c1-4-16-12(15)11(14)13-10(8(2)3)9-6-5-7-17-9/h5-8,10H,4H2,1-3H3,(H,13,14). The van der Waals surface area contributed by atoms with Gasteiger partial charge in [0, 0.05) is 4.88 Å². The van der Waals surface area contributed by atoms with E-state index in [2.05, 4.69) is 10.1 Å². The molecule has 1 aromatic heterocycles. The fourth-order valence-corrected chi connectivity index (χ4v) is 2.38. The summed E-state index contributed by atoms with van der Waals surface area (Å²) in [5.74, 6) is -1.29. The quantitative estimate of drug-likeness (QED) is 0.662. The number of esters is 1. The van der Waals surface area contributed by atoms with E-state index in [0.29, 0.717) is 0 Å². The lowest BCUT2D eigenvalue weighted by molar-refractivity contribution is -0.155. The number of hydrogen-bond donors (Lipinski definition) is 1. The van der Waals surface area contributed by atoms with Crippen molar-refractivity contribution in [1.82, 2.24) is 5.32 Å². The molecular weight excluding hydrogens is 238 g/mol. The molecule has 0 aliphatic rings. The van der Waals surface area contributed by atoms with E-state index in [1.807, 2.05) is 31.4 Å². The minimum atomic E-state index is -0.824. The highest BCUT2D eigenvalue weighted by Crippen LogP contribution is 2.25. The molecule has 1 N–H and O–H groups in total. The van der Waals surface area contributed by atoms with Gasteiger partial charge in [0.25, 0.3) is 0 Å². The fourth-order valence-electron chi connectivity index (χ4n) is 1.43. The maximum atomic E-state index is 11.6. The second-order valence-corrected chi connectivity index (χ2v) is 4.91. The van der Waals surface area contributed by atoms with Gasteiger partial charge in [-0.25, -0.2) is 4.79 Å². The first-order valence-electron chi connectivity index (χ1n) is 5.57. The zero-order valence-corrected chi connectivity index (χ0v) is 11.0. The molecule has 0 aromatic carbocycles. The molecule has 0 fully saturated rings. The largest absolute Gasteiger partial charge is 0.459 e. The average molecular weight is 255 g/mol. The number of carbonyl (C=O) groups excluding carboxylic acids is 2. The van der Waals surface area contributed by atoms with E-state index in [-0.39, 0.29) is 18.6 Å². The van der Waals surface area contributed by atoms with Crippen molar-refractivity contribution in [3.8, 4) is 0 Å². The summed E-state index contributed by atoms with van der Waals surface area (Å²) < 4.78 is 4.65. The van der Waals surface area contributed by atoms with Crippen LogP contribution >= 0.6 is 11.3 Å². The molecule has 1 amide bonds. The molecule has 0 aliphatic carbocycles. The number of nitrogens with one attached hydrogen (secondary N) is 1. The van der Waals surface area contributed by atoms with Crippen LogP contribution in [0.4, 0.5) is 0 Å². The SMILES string of the molecule is CCOC(=O)C(=O)NC(c1cccs1)C(C)C. The maximum Gasteiger partial charge on any atom is 0.396 e. The molecule has 1 aromatic rings. The van der Waals surface area contributed by atoms with Crippen LogP contribution in [0.25, 0.3) is 0 Å². The van der Waals surface area contributed by atoms with Crippen molar-refractivity contribution < 1.29 is 14.3 Å². The smallest absolute Gasteiger partial charge is 0.396 e. The first kappa shape index (κ1) is 13.7. The Kier molecular flexibility index (Phi) is 5.15. The third-order valence-electron chi connectivity index (χ3n) is 2.26. The zero-order chi connectivity index (χ0) is 12.8. The molecule has 94 valence electrons. The van der Waals surface area contributed by atoms with Crippen molar-refractivity contribution in [3.63, 3.8) is 0 Å². The molecule has 1 unspecified atom stereocenters. The minimum absolute atomic E-state index is 0.146. The molecule has 4 nitrogen and oxygen atoms in total. The highest BCUT2D eigenvalue weighted by molar-refractivity contribution is 7.10. The summed E-state index contributed by atoms with van der Waals surface area (Å²) in [5, 5.41) is 4.65. The Morgan fingerprint density at radius 1 is 1.47 bits per heavy atom. The number of thiophene rings is 1. The van der Waals surface area contributed by atoms with Crippen LogP contribution in [0.3, 0.4) is 0 Å². The molecule has 0 radical (unpaired) electrons. The van der Waals surface area contributed by atoms with Crippen molar-refractivity contribution >= 4 is 23.2 Å². The van der Waals surface area contributed by atoms with Gasteiger partial charge in [-0.1, -0.05) is 19.9 Å². The van der Waals surface area contributed by atoms with Crippen LogP contribution in [-0.4, -0.2) is 18.5 Å². The van der Waals surface area contributed by atoms with Gasteiger partial charge in [0.05, 0.1) is 12.6 Å². The predicted octanol–water partition coefficient (Wildman–Crippen LogP) is 2.12. The second-order valence-electron chi connectivity index (χ2n) is 3.93. The number of amides is 1. The van der Waals surface area contributed by atoms with E-state index in [1.54, 1.807) is 18.3 Å². The molecule has 0 saturated heterocycles. The van der Waals surface area contributed by atoms with Gasteiger partial charge in [-0.3, -0.25) is 4.79 Å². The summed E-state index contributed by atoms with van der Waals surface area (Å²) in [6.07, 6.45) is 0. The molecule has 1 heterocycles. The molecule has 0 aliphatic heterocycles. The lowest BCUT2D eigenvalue weighted by atomic mass is 10.0. The van der Waals surface area contributed by atoms with Crippen LogP contribution < -0.4 is 5.32 Å². The van der Waals surface area contributed by atoms with Gasteiger partial charge in [-0.15, -0.1) is 11.3 Å². The van der Waals surface area contributed by atoms with Crippen molar-refractivity contribution in [2.75, 3.05) is 6.61 Å². The molecule has 17 heavy (non-hydrogen) atoms. The van der Waals surface area contributed by atoms with E-state index < -0.39 is 11.9 Å². The van der Waals surface area contributed by atoms with Crippen LogP contribution in [0, 0.1) is 5.92 Å². The highest BCUT2D eigenvalue weighted by Gasteiger charge is 2.23. The lowest BCUT2D eigenvalue weighted by Gasteiger charge is -2.20. The molecule has 1 atom stereocenters. The fraction of sp³-hybridized carbons (Fsp3) is 0.500. The molecular formula is C12H17NO3S. The van der Waals surface area contributed by atoms with E-state index in [9.17, 15) is 9.59 Å². The highest BCUT2D eigenvalue weighted by atomic mass is 32.1. The molecule has 5 heteroatoms. The van der Waals surface area contributed by atoms with Gasteiger partial charge in [0.2, 0.25) is 0 Å². The number of carbonyl (C=O) groups is 2. The van der Waals surface area contributed by atoms with Crippen LogP contribution in [0.15, 0.2) is 17.5 Å². The minimum Gasteiger partial charge on any atom is -0.459 e. The van der Waals surface area contributed by atoms with E-state index in [1.165, 1.54) is 0 Å². The Bertz CT molecular complexity index is 373. The summed E-state index contributed by atoms with van der Waals surface area (Å²) in [4.78, 5) is 23.8.